The quantitative estimate of drug-likeness (QED) is 0.607. The number of carbonyl (C=O) groups excluding carboxylic acids is 1. The minimum absolute atomic E-state index is 0.141. The van der Waals surface area contributed by atoms with Crippen LogP contribution in [0.4, 0.5) is 5.13 Å². The van der Waals surface area contributed by atoms with Crippen LogP contribution in [0.2, 0.25) is 0 Å². The molecule has 2 aromatic carbocycles. The molecule has 4 rings (SSSR count). The Balaban J connectivity index is 1.55. The van der Waals surface area contributed by atoms with Crippen molar-refractivity contribution in [2.45, 2.75) is 25.7 Å². The molecule has 1 aliphatic rings. The maximum absolute atomic E-state index is 13.1. The zero-order valence-corrected chi connectivity index (χ0v) is 19.8. The van der Waals surface area contributed by atoms with Gasteiger partial charge in [-0.25, -0.2) is 13.4 Å². The van der Waals surface area contributed by atoms with Crippen LogP contribution in [0, 0.1) is 20.8 Å². The molecule has 3 aromatic rings. The zero-order chi connectivity index (χ0) is 22.9. The molecule has 1 saturated heterocycles. The summed E-state index contributed by atoms with van der Waals surface area (Å²) < 4.78 is 32.8. The van der Waals surface area contributed by atoms with Crippen molar-refractivity contribution in [1.29, 1.82) is 0 Å². The van der Waals surface area contributed by atoms with Gasteiger partial charge in [0.15, 0.2) is 5.13 Å². The van der Waals surface area contributed by atoms with Gasteiger partial charge < -0.3 is 4.74 Å². The Labute approximate surface area is 192 Å². The summed E-state index contributed by atoms with van der Waals surface area (Å²) in [6.07, 6.45) is 0. The van der Waals surface area contributed by atoms with Crippen LogP contribution in [0.15, 0.2) is 46.7 Å². The molecule has 0 atom stereocenters. The van der Waals surface area contributed by atoms with Crippen LogP contribution in [-0.4, -0.2) is 49.9 Å². The molecule has 0 radical (unpaired) electrons. The topological polar surface area (TPSA) is 88.6 Å². The number of aryl methyl sites for hydroxylation is 3. The van der Waals surface area contributed by atoms with Crippen molar-refractivity contribution >= 4 is 32.4 Å². The fourth-order valence-electron chi connectivity index (χ4n) is 3.48. The molecule has 0 saturated carbocycles. The van der Waals surface area contributed by atoms with E-state index in [0.717, 1.165) is 11.3 Å². The third-order valence-corrected chi connectivity index (χ3v) is 8.36. The van der Waals surface area contributed by atoms with E-state index in [9.17, 15) is 13.2 Å². The summed E-state index contributed by atoms with van der Waals surface area (Å²) in [5, 5.41) is 5.14. The third-order valence-electron chi connectivity index (χ3n) is 5.57. The molecule has 0 unspecified atom stereocenters. The summed E-state index contributed by atoms with van der Waals surface area (Å²) in [6, 6.07) is 10.8. The van der Waals surface area contributed by atoms with E-state index in [1.807, 2.05) is 24.4 Å². The van der Waals surface area contributed by atoms with Gasteiger partial charge in [0.05, 0.1) is 23.8 Å². The van der Waals surface area contributed by atoms with Crippen LogP contribution in [0.1, 0.15) is 27.0 Å². The van der Waals surface area contributed by atoms with Crippen molar-refractivity contribution in [2.24, 2.45) is 0 Å². The molecule has 7 nitrogen and oxygen atoms in total. The predicted octanol–water partition coefficient (Wildman–Crippen LogP) is 4.01. The van der Waals surface area contributed by atoms with Gasteiger partial charge in [-0.2, -0.15) is 4.31 Å². The highest BCUT2D eigenvalue weighted by Crippen LogP contribution is 2.27. The molecule has 1 fully saturated rings. The fraction of sp³-hybridized carbons (Fsp3) is 0.304. The molecule has 1 aliphatic heterocycles. The van der Waals surface area contributed by atoms with Crippen LogP contribution in [0.25, 0.3) is 11.3 Å². The van der Waals surface area contributed by atoms with Gasteiger partial charge in [-0.15, -0.1) is 11.3 Å². The average molecular weight is 472 g/mol. The number of aromatic nitrogens is 1. The van der Waals surface area contributed by atoms with Crippen molar-refractivity contribution in [2.75, 3.05) is 31.6 Å². The number of ether oxygens (including phenoxy) is 1. The van der Waals surface area contributed by atoms with Crippen molar-refractivity contribution in [3.05, 3.63) is 64.0 Å². The molecule has 1 N–H and O–H groups in total. The molecule has 0 aliphatic carbocycles. The van der Waals surface area contributed by atoms with Gasteiger partial charge in [-0.1, -0.05) is 18.2 Å². The number of sulfonamides is 1. The number of rotatable bonds is 5. The van der Waals surface area contributed by atoms with E-state index < -0.39 is 15.9 Å². The largest absolute Gasteiger partial charge is 0.379 e. The van der Waals surface area contributed by atoms with E-state index in [1.54, 1.807) is 19.1 Å². The van der Waals surface area contributed by atoms with E-state index in [0.29, 0.717) is 37.0 Å². The van der Waals surface area contributed by atoms with Gasteiger partial charge in [0.1, 0.15) is 0 Å². The number of benzene rings is 2. The highest BCUT2D eigenvalue weighted by atomic mass is 32.2. The van der Waals surface area contributed by atoms with E-state index in [-0.39, 0.29) is 10.5 Å². The Kier molecular flexibility index (Phi) is 6.43. The lowest BCUT2D eigenvalue weighted by molar-refractivity contribution is 0.0730. The first-order valence-electron chi connectivity index (χ1n) is 10.3. The molecule has 0 spiro atoms. The first-order valence-corrected chi connectivity index (χ1v) is 12.6. The number of amides is 1. The Morgan fingerprint density at radius 1 is 1.03 bits per heavy atom. The number of nitrogens with one attached hydrogen (secondary N) is 1. The first kappa shape index (κ1) is 22.6. The van der Waals surface area contributed by atoms with Crippen LogP contribution >= 0.6 is 11.3 Å². The van der Waals surface area contributed by atoms with Gasteiger partial charge in [0.25, 0.3) is 5.91 Å². The number of thiazole rings is 1. The zero-order valence-electron chi connectivity index (χ0n) is 18.2. The molecule has 1 aromatic heterocycles. The number of nitrogens with zero attached hydrogens (tertiary/aromatic N) is 2. The number of anilines is 1. The summed E-state index contributed by atoms with van der Waals surface area (Å²) in [5.41, 5.74) is 5.02. The second kappa shape index (κ2) is 9.11. The lowest BCUT2D eigenvalue weighted by atomic mass is 10.1. The minimum atomic E-state index is -3.70. The number of hydrogen-bond acceptors (Lipinski definition) is 6. The highest BCUT2D eigenvalue weighted by Gasteiger charge is 2.28. The SMILES string of the molecule is Cc1ccc(-c2csc(NC(=O)c3ccc(C)c(S(=O)(=O)N4CCOCC4)c3)n2)cc1C. The second-order valence-corrected chi connectivity index (χ2v) is 10.6. The predicted molar refractivity (Wildman–Crippen MR) is 126 cm³/mol. The first-order chi connectivity index (χ1) is 15.3. The maximum Gasteiger partial charge on any atom is 0.257 e. The highest BCUT2D eigenvalue weighted by molar-refractivity contribution is 7.89. The van der Waals surface area contributed by atoms with E-state index >= 15 is 0 Å². The van der Waals surface area contributed by atoms with Crippen molar-refractivity contribution < 1.29 is 17.9 Å². The third kappa shape index (κ3) is 4.61. The lowest BCUT2D eigenvalue weighted by Gasteiger charge is -2.26. The summed E-state index contributed by atoms with van der Waals surface area (Å²) in [4.78, 5) is 17.5. The minimum Gasteiger partial charge on any atom is -0.379 e. The fourth-order valence-corrected chi connectivity index (χ4v) is 5.85. The smallest absolute Gasteiger partial charge is 0.257 e. The molecule has 168 valence electrons. The van der Waals surface area contributed by atoms with Crippen LogP contribution in [0.5, 0.6) is 0 Å². The maximum atomic E-state index is 13.1. The normalized spacial score (nSPS) is 15.0. The Bertz CT molecular complexity index is 1260. The van der Waals surface area contributed by atoms with Crippen LogP contribution < -0.4 is 5.32 Å². The van der Waals surface area contributed by atoms with Gasteiger partial charge in [0, 0.05) is 29.6 Å². The van der Waals surface area contributed by atoms with Gasteiger partial charge in [0.2, 0.25) is 10.0 Å². The monoisotopic (exact) mass is 471 g/mol. The lowest BCUT2D eigenvalue weighted by Crippen LogP contribution is -2.40. The summed E-state index contributed by atoms with van der Waals surface area (Å²) in [7, 11) is -3.70. The van der Waals surface area contributed by atoms with Crippen LogP contribution in [0.3, 0.4) is 0 Å². The molecule has 32 heavy (non-hydrogen) atoms. The Morgan fingerprint density at radius 3 is 2.47 bits per heavy atom. The summed E-state index contributed by atoms with van der Waals surface area (Å²) in [5.74, 6) is -0.399. The van der Waals surface area contributed by atoms with Gasteiger partial charge in [-0.3, -0.25) is 10.1 Å². The molecular formula is C23H25N3O4S2. The van der Waals surface area contributed by atoms with E-state index in [4.69, 9.17) is 4.74 Å². The van der Waals surface area contributed by atoms with E-state index in [2.05, 4.69) is 23.3 Å². The summed E-state index contributed by atoms with van der Waals surface area (Å²) >= 11 is 1.33. The second-order valence-electron chi connectivity index (χ2n) is 7.79. The molecule has 1 amide bonds. The van der Waals surface area contributed by atoms with Crippen molar-refractivity contribution in [1.82, 2.24) is 9.29 Å². The van der Waals surface area contributed by atoms with Gasteiger partial charge >= 0.3 is 0 Å². The molecule has 2 heterocycles. The van der Waals surface area contributed by atoms with E-state index in [1.165, 1.54) is 32.8 Å². The summed E-state index contributed by atoms with van der Waals surface area (Å²) in [6.45, 7) is 7.17. The molecule has 0 bridgehead atoms. The van der Waals surface area contributed by atoms with Gasteiger partial charge in [-0.05, 0) is 55.7 Å². The number of hydrogen-bond donors (Lipinski definition) is 1. The number of carbonyl (C=O) groups is 1. The molecular weight excluding hydrogens is 446 g/mol. The Morgan fingerprint density at radius 2 is 1.75 bits per heavy atom. The van der Waals surface area contributed by atoms with Crippen molar-refractivity contribution in [3.8, 4) is 11.3 Å². The van der Waals surface area contributed by atoms with Crippen molar-refractivity contribution in [3.63, 3.8) is 0 Å². The average Bonchev–Trinajstić information content (AvgIpc) is 3.25. The Hall–Kier alpha value is -2.59. The standard InChI is InChI=1S/C23H25N3O4S2/c1-15-4-6-18(12-17(15)3)20-14-31-23(24-20)25-22(27)19-7-5-16(2)21(13-19)32(28,29)26-8-10-30-11-9-26/h4-7,12-14H,8-11H2,1-3H3,(H,24,25,27). The molecule has 9 heteroatoms. The number of morpholine rings is 1. The van der Waals surface area contributed by atoms with Crippen LogP contribution in [-0.2, 0) is 14.8 Å².